The van der Waals surface area contributed by atoms with Gasteiger partial charge in [0.2, 0.25) is 0 Å². The molecule has 0 heterocycles. The Morgan fingerprint density at radius 2 is 1.90 bits per heavy atom. The van der Waals surface area contributed by atoms with Gasteiger partial charge in [-0.1, -0.05) is 12.8 Å². The van der Waals surface area contributed by atoms with E-state index in [-0.39, 0.29) is 0 Å². The zero-order valence-corrected chi connectivity index (χ0v) is 11.6. The average Bonchev–Trinajstić information content (AvgIpc) is 2.93. The van der Waals surface area contributed by atoms with E-state index in [1.165, 1.54) is 11.9 Å². The van der Waals surface area contributed by atoms with Gasteiger partial charge in [0.05, 0.1) is 11.0 Å². The van der Waals surface area contributed by atoms with Crippen LogP contribution in [0.25, 0.3) is 0 Å². The third kappa shape index (κ3) is 3.34. The maximum atomic E-state index is 13.3. The molecule has 0 spiro atoms. The molecule has 0 saturated heterocycles. The molecule has 1 fully saturated rings. The van der Waals surface area contributed by atoms with Crippen LogP contribution < -0.4 is 0 Å². The summed E-state index contributed by atoms with van der Waals surface area (Å²) in [4.78, 5) is 23.6. The summed E-state index contributed by atoms with van der Waals surface area (Å²) in [5.41, 5.74) is -1.13. The highest BCUT2D eigenvalue weighted by atomic mass is 19.2. The molecule has 1 saturated carbocycles. The summed E-state index contributed by atoms with van der Waals surface area (Å²) in [6.45, 7) is 0.467. The van der Waals surface area contributed by atoms with Crippen molar-refractivity contribution in [2.24, 2.45) is 5.92 Å². The van der Waals surface area contributed by atoms with Crippen molar-refractivity contribution < 1.29 is 18.5 Å². The van der Waals surface area contributed by atoms with Crippen molar-refractivity contribution in [2.45, 2.75) is 25.7 Å². The van der Waals surface area contributed by atoms with Gasteiger partial charge < -0.3 is 4.90 Å². The van der Waals surface area contributed by atoms with Crippen LogP contribution in [0, 0.1) is 27.7 Å². The van der Waals surface area contributed by atoms with Gasteiger partial charge in [-0.15, -0.1) is 0 Å². The van der Waals surface area contributed by atoms with Gasteiger partial charge >= 0.3 is 0 Å². The van der Waals surface area contributed by atoms with E-state index >= 15 is 0 Å². The van der Waals surface area contributed by atoms with E-state index in [0.29, 0.717) is 24.6 Å². The topological polar surface area (TPSA) is 63.5 Å². The maximum Gasteiger partial charge on any atom is 0.285 e. The Morgan fingerprint density at radius 1 is 1.33 bits per heavy atom. The minimum atomic E-state index is -1.34. The number of carbonyl (C=O) groups is 1. The molecule has 0 unspecified atom stereocenters. The smallest absolute Gasteiger partial charge is 0.285 e. The van der Waals surface area contributed by atoms with Crippen molar-refractivity contribution in [1.29, 1.82) is 0 Å². The first-order valence-electron chi connectivity index (χ1n) is 6.79. The summed E-state index contributed by atoms with van der Waals surface area (Å²) in [6, 6.07) is 1.05. The van der Waals surface area contributed by atoms with Gasteiger partial charge in [-0.25, -0.2) is 8.78 Å². The van der Waals surface area contributed by atoms with Crippen LogP contribution in [0.15, 0.2) is 12.1 Å². The quantitative estimate of drug-likeness (QED) is 0.633. The van der Waals surface area contributed by atoms with E-state index in [1.807, 2.05) is 0 Å². The predicted octanol–water partition coefficient (Wildman–Crippen LogP) is 3.14. The molecule has 0 N–H and O–H groups in total. The van der Waals surface area contributed by atoms with E-state index in [9.17, 15) is 23.7 Å². The molecule has 1 aromatic rings. The first kappa shape index (κ1) is 15.3. The number of hydrogen-bond acceptors (Lipinski definition) is 3. The highest BCUT2D eigenvalue weighted by Gasteiger charge is 2.27. The lowest BCUT2D eigenvalue weighted by molar-refractivity contribution is -0.385. The summed E-state index contributed by atoms with van der Waals surface area (Å²) in [7, 11) is 1.52. The summed E-state index contributed by atoms with van der Waals surface area (Å²) in [5.74, 6) is -2.90. The van der Waals surface area contributed by atoms with Crippen LogP contribution in [0.1, 0.15) is 36.0 Å². The number of nitro benzene ring substituents is 1. The number of nitro groups is 1. The molecular formula is C14H16F2N2O3. The molecule has 1 aliphatic carbocycles. The lowest BCUT2D eigenvalue weighted by atomic mass is 10.1. The zero-order chi connectivity index (χ0) is 15.6. The molecule has 1 amide bonds. The second kappa shape index (κ2) is 6.15. The summed E-state index contributed by atoms with van der Waals surface area (Å²) in [6.07, 6.45) is 4.24. The molecule has 0 aromatic heterocycles. The van der Waals surface area contributed by atoms with Gasteiger partial charge in [-0.3, -0.25) is 14.9 Å². The lowest BCUT2D eigenvalue weighted by Gasteiger charge is -2.21. The standard InChI is InChI=1S/C14H16F2N2O3/c1-17(8-9-4-2-3-5-9)14(19)10-6-11(15)12(16)7-13(10)18(20)21/h6-7,9H,2-5,8H2,1H3. The van der Waals surface area contributed by atoms with Crippen molar-refractivity contribution in [1.82, 2.24) is 4.90 Å². The fourth-order valence-electron chi connectivity index (χ4n) is 2.73. The van der Waals surface area contributed by atoms with Crippen molar-refractivity contribution in [2.75, 3.05) is 13.6 Å². The lowest BCUT2D eigenvalue weighted by Crippen LogP contribution is -2.31. The normalized spacial score (nSPS) is 15.2. The van der Waals surface area contributed by atoms with Crippen LogP contribution in [0.4, 0.5) is 14.5 Å². The largest absolute Gasteiger partial charge is 0.341 e. The number of benzene rings is 1. The molecule has 114 valence electrons. The van der Waals surface area contributed by atoms with Gasteiger partial charge in [-0.2, -0.15) is 0 Å². The molecule has 0 atom stereocenters. The van der Waals surface area contributed by atoms with Gasteiger partial charge in [0, 0.05) is 13.6 Å². The Labute approximate surface area is 120 Å². The van der Waals surface area contributed by atoms with Gasteiger partial charge in [-0.05, 0) is 24.8 Å². The van der Waals surface area contributed by atoms with Crippen LogP contribution in [-0.2, 0) is 0 Å². The fourth-order valence-corrected chi connectivity index (χ4v) is 2.73. The Balaban J connectivity index is 2.24. The highest BCUT2D eigenvalue weighted by molar-refractivity contribution is 5.98. The molecule has 5 nitrogen and oxygen atoms in total. The number of rotatable bonds is 4. The van der Waals surface area contributed by atoms with Gasteiger partial charge in [0.1, 0.15) is 5.56 Å². The van der Waals surface area contributed by atoms with E-state index in [4.69, 9.17) is 0 Å². The first-order chi connectivity index (χ1) is 9.90. The Hall–Kier alpha value is -2.05. The highest BCUT2D eigenvalue weighted by Crippen LogP contribution is 2.27. The van der Waals surface area contributed by atoms with E-state index < -0.39 is 33.7 Å². The third-order valence-electron chi connectivity index (χ3n) is 3.82. The molecule has 2 rings (SSSR count). The van der Waals surface area contributed by atoms with Crippen LogP contribution >= 0.6 is 0 Å². The molecule has 1 aromatic carbocycles. The van der Waals surface area contributed by atoms with Crippen LogP contribution in [0.3, 0.4) is 0 Å². The van der Waals surface area contributed by atoms with Crippen LogP contribution in [0.2, 0.25) is 0 Å². The van der Waals surface area contributed by atoms with E-state index in [2.05, 4.69) is 0 Å². The van der Waals surface area contributed by atoms with Gasteiger partial charge in [0.15, 0.2) is 11.6 Å². The minimum absolute atomic E-state index is 0.364. The van der Waals surface area contributed by atoms with Gasteiger partial charge in [0.25, 0.3) is 11.6 Å². The minimum Gasteiger partial charge on any atom is -0.341 e. The second-order valence-electron chi connectivity index (χ2n) is 5.38. The van der Waals surface area contributed by atoms with Crippen molar-refractivity contribution >= 4 is 11.6 Å². The monoisotopic (exact) mass is 298 g/mol. The van der Waals surface area contributed by atoms with Crippen molar-refractivity contribution in [3.8, 4) is 0 Å². The molecule has 0 radical (unpaired) electrons. The van der Waals surface area contributed by atoms with Crippen molar-refractivity contribution in [3.05, 3.63) is 39.4 Å². The Bertz CT molecular complexity index is 572. The maximum absolute atomic E-state index is 13.3. The summed E-state index contributed by atoms with van der Waals surface area (Å²) < 4.78 is 26.4. The Kier molecular flexibility index (Phi) is 4.50. The molecule has 7 heteroatoms. The van der Waals surface area contributed by atoms with Crippen LogP contribution in [-0.4, -0.2) is 29.3 Å². The molecule has 21 heavy (non-hydrogen) atoms. The predicted molar refractivity (Wildman–Crippen MR) is 71.9 cm³/mol. The number of amides is 1. The zero-order valence-electron chi connectivity index (χ0n) is 11.6. The first-order valence-corrected chi connectivity index (χ1v) is 6.79. The number of carbonyl (C=O) groups excluding carboxylic acids is 1. The third-order valence-corrected chi connectivity index (χ3v) is 3.82. The summed E-state index contributed by atoms with van der Waals surface area (Å²) in [5, 5.41) is 10.9. The second-order valence-corrected chi connectivity index (χ2v) is 5.38. The molecule has 0 bridgehead atoms. The number of nitrogens with zero attached hydrogens (tertiary/aromatic N) is 2. The number of hydrogen-bond donors (Lipinski definition) is 0. The Morgan fingerprint density at radius 3 is 2.48 bits per heavy atom. The van der Waals surface area contributed by atoms with Crippen molar-refractivity contribution in [3.63, 3.8) is 0 Å². The molecule has 0 aliphatic heterocycles. The van der Waals surface area contributed by atoms with E-state index in [0.717, 1.165) is 25.7 Å². The van der Waals surface area contributed by atoms with Crippen LogP contribution in [0.5, 0.6) is 0 Å². The van der Waals surface area contributed by atoms with E-state index in [1.54, 1.807) is 0 Å². The summed E-state index contributed by atoms with van der Waals surface area (Å²) >= 11 is 0. The molecular weight excluding hydrogens is 282 g/mol. The average molecular weight is 298 g/mol. The SMILES string of the molecule is CN(CC1CCCC1)C(=O)c1cc(F)c(F)cc1[N+](=O)[O-]. The number of halogens is 2. The molecule has 1 aliphatic rings. The fraction of sp³-hybridized carbons (Fsp3) is 0.500.